The fraction of sp³-hybridized carbons (Fsp3) is 0.500. The Balaban J connectivity index is 1.18. The Hall–Kier alpha value is -1.98. The third kappa shape index (κ3) is 4.55. The molecular weight excluding hydrogens is 314 g/mol. The Labute approximate surface area is 148 Å². The molecule has 1 aliphatic carbocycles. The van der Waals surface area contributed by atoms with Gasteiger partial charge in [-0.05, 0) is 60.9 Å². The van der Waals surface area contributed by atoms with E-state index < -0.39 is 0 Å². The van der Waals surface area contributed by atoms with Gasteiger partial charge in [-0.1, -0.05) is 6.07 Å². The molecule has 1 saturated carbocycles. The highest BCUT2D eigenvalue weighted by molar-refractivity contribution is 5.30. The van der Waals surface area contributed by atoms with Gasteiger partial charge < -0.3 is 14.8 Å². The van der Waals surface area contributed by atoms with Crippen LogP contribution in [0.4, 0.5) is 0 Å². The molecule has 1 saturated heterocycles. The van der Waals surface area contributed by atoms with E-state index in [1.54, 1.807) is 6.20 Å². The number of hydrogen-bond acceptors (Lipinski definition) is 5. The Morgan fingerprint density at radius 3 is 2.96 bits per heavy atom. The fourth-order valence-corrected chi connectivity index (χ4v) is 3.29. The number of pyridine rings is 2. The highest BCUT2D eigenvalue weighted by Gasteiger charge is 2.38. The van der Waals surface area contributed by atoms with E-state index in [1.165, 1.54) is 18.4 Å². The molecule has 2 aliphatic rings. The molecule has 4 rings (SSSR count). The van der Waals surface area contributed by atoms with Crippen molar-refractivity contribution in [2.24, 2.45) is 5.92 Å². The Bertz CT molecular complexity index is 676. The number of hydrogen-bond donors (Lipinski definition) is 1. The molecule has 25 heavy (non-hydrogen) atoms. The van der Waals surface area contributed by atoms with Gasteiger partial charge in [-0.2, -0.15) is 0 Å². The van der Waals surface area contributed by atoms with Crippen molar-refractivity contribution in [3.63, 3.8) is 0 Å². The topological polar surface area (TPSA) is 56.3 Å². The summed E-state index contributed by atoms with van der Waals surface area (Å²) in [4.78, 5) is 8.46. The van der Waals surface area contributed by atoms with E-state index in [-0.39, 0.29) is 0 Å². The van der Waals surface area contributed by atoms with Crippen LogP contribution in [0.25, 0.3) is 0 Å². The Morgan fingerprint density at radius 1 is 1.20 bits per heavy atom. The van der Waals surface area contributed by atoms with Gasteiger partial charge >= 0.3 is 0 Å². The normalized spacial score (nSPS) is 24.6. The quantitative estimate of drug-likeness (QED) is 0.712. The minimum absolute atomic E-state index is 0.509. The lowest BCUT2D eigenvalue weighted by atomic mass is 10.1. The first-order chi connectivity index (χ1) is 12.4. The molecule has 0 bridgehead atoms. The van der Waals surface area contributed by atoms with Crippen molar-refractivity contribution in [3.8, 4) is 5.75 Å². The van der Waals surface area contributed by atoms with Crippen molar-refractivity contribution in [1.82, 2.24) is 15.3 Å². The third-order valence-electron chi connectivity index (χ3n) is 5.09. The van der Waals surface area contributed by atoms with E-state index in [0.29, 0.717) is 24.5 Å². The highest BCUT2D eigenvalue weighted by Crippen LogP contribution is 2.49. The van der Waals surface area contributed by atoms with Crippen molar-refractivity contribution in [1.29, 1.82) is 0 Å². The summed E-state index contributed by atoms with van der Waals surface area (Å²) in [5.41, 5.74) is 2.43. The van der Waals surface area contributed by atoms with Crippen LogP contribution in [0.2, 0.25) is 0 Å². The second kappa shape index (κ2) is 7.93. The maximum absolute atomic E-state index is 5.86. The smallest absolute Gasteiger partial charge is 0.137 e. The molecule has 0 amide bonds. The van der Waals surface area contributed by atoms with Crippen LogP contribution in [0, 0.1) is 5.92 Å². The number of ether oxygens (including phenoxy) is 2. The summed E-state index contributed by atoms with van der Waals surface area (Å²) in [5, 5.41) is 3.35. The molecule has 0 aromatic carbocycles. The SMILES string of the molecule is c1cncc(COCCC2CC2c2cncc(OCC3CCN3)c2)c1. The predicted octanol–water partition coefficient (Wildman–Crippen LogP) is 2.93. The molecule has 3 heterocycles. The van der Waals surface area contributed by atoms with Gasteiger partial charge in [-0.3, -0.25) is 9.97 Å². The highest BCUT2D eigenvalue weighted by atomic mass is 16.5. The minimum atomic E-state index is 0.509. The number of nitrogens with zero attached hydrogens (tertiary/aromatic N) is 2. The van der Waals surface area contributed by atoms with Crippen molar-refractivity contribution in [2.45, 2.75) is 37.8 Å². The van der Waals surface area contributed by atoms with Gasteiger partial charge in [0.2, 0.25) is 0 Å². The summed E-state index contributed by atoms with van der Waals surface area (Å²) in [5.74, 6) is 2.21. The molecule has 3 unspecified atom stereocenters. The van der Waals surface area contributed by atoms with Gasteiger partial charge in [-0.25, -0.2) is 0 Å². The van der Waals surface area contributed by atoms with Crippen molar-refractivity contribution < 1.29 is 9.47 Å². The van der Waals surface area contributed by atoms with Crippen LogP contribution in [-0.2, 0) is 11.3 Å². The van der Waals surface area contributed by atoms with E-state index in [0.717, 1.165) is 37.5 Å². The first-order valence-electron chi connectivity index (χ1n) is 9.16. The molecule has 132 valence electrons. The Morgan fingerprint density at radius 2 is 2.16 bits per heavy atom. The lowest BCUT2D eigenvalue weighted by Gasteiger charge is -2.27. The minimum Gasteiger partial charge on any atom is -0.490 e. The maximum Gasteiger partial charge on any atom is 0.137 e. The first-order valence-corrected chi connectivity index (χ1v) is 9.16. The molecular formula is C20H25N3O2. The summed E-state index contributed by atoms with van der Waals surface area (Å²) in [7, 11) is 0. The summed E-state index contributed by atoms with van der Waals surface area (Å²) in [6.45, 7) is 3.29. The summed E-state index contributed by atoms with van der Waals surface area (Å²) >= 11 is 0. The largest absolute Gasteiger partial charge is 0.490 e. The molecule has 2 aromatic heterocycles. The van der Waals surface area contributed by atoms with Crippen LogP contribution < -0.4 is 10.1 Å². The number of nitrogens with one attached hydrogen (secondary N) is 1. The zero-order valence-corrected chi connectivity index (χ0v) is 14.4. The first kappa shape index (κ1) is 16.5. The van der Waals surface area contributed by atoms with E-state index in [1.807, 2.05) is 30.7 Å². The van der Waals surface area contributed by atoms with E-state index in [2.05, 4.69) is 21.4 Å². The van der Waals surface area contributed by atoms with E-state index in [4.69, 9.17) is 9.47 Å². The van der Waals surface area contributed by atoms with Crippen LogP contribution >= 0.6 is 0 Å². The van der Waals surface area contributed by atoms with Crippen molar-refractivity contribution in [3.05, 3.63) is 54.1 Å². The van der Waals surface area contributed by atoms with E-state index in [9.17, 15) is 0 Å². The van der Waals surface area contributed by atoms with Crippen LogP contribution in [0.3, 0.4) is 0 Å². The fourth-order valence-electron chi connectivity index (χ4n) is 3.29. The zero-order valence-electron chi connectivity index (χ0n) is 14.4. The van der Waals surface area contributed by atoms with Gasteiger partial charge in [0.1, 0.15) is 12.4 Å². The molecule has 2 fully saturated rings. The number of rotatable bonds is 9. The molecule has 0 radical (unpaired) electrons. The summed E-state index contributed by atoms with van der Waals surface area (Å²) in [6.07, 6.45) is 11.0. The predicted molar refractivity (Wildman–Crippen MR) is 95.5 cm³/mol. The maximum atomic E-state index is 5.86. The standard InChI is InChI=1S/C20H25N3O2/c1-2-15(10-21-5-1)13-24-7-4-16-9-20(16)17-8-19(12-22-11-17)25-14-18-3-6-23-18/h1-2,5,8,10-12,16,18,20,23H,3-4,6-7,9,13-14H2. The molecule has 1 N–H and O–H groups in total. The molecule has 1 aliphatic heterocycles. The molecule has 5 nitrogen and oxygen atoms in total. The van der Waals surface area contributed by atoms with Crippen LogP contribution in [0.15, 0.2) is 43.0 Å². The van der Waals surface area contributed by atoms with Gasteiger partial charge in [0.05, 0.1) is 12.8 Å². The van der Waals surface area contributed by atoms with Crippen LogP contribution in [0.5, 0.6) is 5.75 Å². The zero-order chi connectivity index (χ0) is 16.9. The second-order valence-electron chi connectivity index (χ2n) is 7.01. The van der Waals surface area contributed by atoms with E-state index >= 15 is 0 Å². The van der Waals surface area contributed by atoms with Gasteiger partial charge in [0, 0.05) is 31.2 Å². The monoisotopic (exact) mass is 339 g/mol. The molecule has 5 heteroatoms. The summed E-state index contributed by atoms with van der Waals surface area (Å²) in [6, 6.07) is 6.66. The molecule has 3 atom stereocenters. The van der Waals surface area contributed by atoms with Gasteiger partial charge in [-0.15, -0.1) is 0 Å². The third-order valence-corrected chi connectivity index (χ3v) is 5.09. The lowest BCUT2D eigenvalue weighted by molar-refractivity contribution is 0.114. The van der Waals surface area contributed by atoms with Gasteiger partial charge in [0.15, 0.2) is 0 Å². The average Bonchev–Trinajstić information content (AvgIpc) is 3.38. The lowest BCUT2D eigenvalue weighted by Crippen LogP contribution is -2.46. The summed E-state index contributed by atoms with van der Waals surface area (Å²) < 4.78 is 11.6. The van der Waals surface area contributed by atoms with Crippen LogP contribution in [0.1, 0.15) is 36.3 Å². The molecule has 0 spiro atoms. The Kier molecular flexibility index (Phi) is 5.23. The number of aromatic nitrogens is 2. The van der Waals surface area contributed by atoms with Crippen molar-refractivity contribution >= 4 is 0 Å². The van der Waals surface area contributed by atoms with Gasteiger partial charge in [0.25, 0.3) is 0 Å². The van der Waals surface area contributed by atoms with Crippen LogP contribution in [-0.4, -0.2) is 35.8 Å². The van der Waals surface area contributed by atoms with Crippen molar-refractivity contribution in [2.75, 3.05) is 19.8 Å². The molecule has 2 aromatic rings. The average molecular weight is 339 g/mol. The second-order valence-corrected chi connectivity index (χ2v) is 7.01.